The van der Waals surface area contributed by atoms with E-state index in [9.17, 15) is 9.59 Å². The smallest absolute Gasteiger partial charge is 0.272 e. The van der Waals surface area contributed by atoms with Gasteiger partial charge in [-0.3, -0.25) is 18.6 Å². The zero-order valence-electron chi connectivity index (χ0n) is 16.6. The molecule has 4 aromatic rings. The van der Waals surface area contributed by atoms with E-state index in [4.69, 9.17) is 11.6 Å². The number of aryl methyl sites for hydroxylation is 2. The molecule has 1 amide bonds. The van der Waals surface area contributed by atoms with Crippen LogP contribution in [0.4, 0.5) is 0 Å². The van der Waals surface area contributed by atoms with Crippen molar-refractivity contribution < 1.29 is 4.79 Å². The molecule has 0 saturated carbocycles. The number of rotatable bonds is 8. The first-order valence-electron chi connectivity index (χ1n) is 9.93. The monoisotopic (exact) mass is 443 g/mol. The van der Waals surface area contributed by atoms with Crippen molar-refractivity contribution >= 4 is 44.8 Å². The number of aromatic nitrogens is 4. The lowest BCUT2D eigenvalue weighted by Gasteiger charge is -2.08. The van der Waals surface area contributed by atoms with Gasteiger partial charge in [-0.1, -0.05) is 30.7 Å². The molecule has 0 aliphatic heterocycles. The zero-order valence-corrected chi connectivity index (χ0v) is 18.2. The Morgan fingerprint density at radius 1 is 1.17 bits per heavy atom. The average Bonchev–Trinajstić information content (AvgIpc) is 3.38. The molecule has 0 bridgehead atoms. The molecule has 1 aromatic carbocycles. The van der Waals surface area contributed by atoms with E-state index in [2.05, 4.69) is 15.5 Å². The number of hydrogen-bond acceptors (Lipinski definition) is 5. The fourth-order valence-corrected chi connectivity index (χ4v) is 4.43. The highest BCUT2D eigenvalue weighted by Crippen LogP contribution is 2.20. The van der Waals surface area contributed by atoms with Gasteiger partial charge < -0.3 is 5.32 Å². The Labute approximate surface area is 182 Å². The number of carbonyl (C=O) groups is 1. The van der Waals surface area contributed by atoms with E-state index in [1.165, 1.54) is 11.3 Å². The number of thiophene rings is 1. The minimum absolute atomic E-state index is 0.0340. The maximum atomic E-state index is 12.7. The summed E-state index contributed by atoms with van der Waals surface area (Å²) in [7, 11) is 0. The molecule has 156 valence electrons. The Morgan fingerprint density at radius 2 is 1.97 bits per heavy atom. The molecule has 0 saturated heterocycles. The lowest BCUT2D eigenvalue weighted by atomic mass is 10.1. The van der Waals surface area contributed by atoms with Gasteiger partial charge in [-0.2, -0.15) is 0 Å². The minimum Gasteiger partial charge on any atom is -0.356 e. The molecular formula is C21H22ClN5O2S. The van der Waals surface area contributed by atoms with Gasteiger partial charge >= 0.3 is 0 Å². The number of fused-ring (bicyclic) bond motifs is 3. The van der Waals surface area contributed by atoms with Crippen molar-refractivity contribution in [3.8, 4) is 0 Å². The quantitative estimate of drug-likeness (QED) is 0.452. The number of halogens is 1. The van der Waals surface area contributed by atoms with Crippen LogP contribution in [0.2, 0.25) is 5.02 Å². The third-order valence-electron chi connectivity index (χ3n) is 4.95. The molecule has 0 aliphatic rings. The van der Waals surface area contributed by atoms with Crippen LogP contribution in [0, 0.1) is 0 Å². The van der Waals surface area contributed by atoms with Crippen LogP contribution in [0.5, 0.6) is 0 Å². The van der Waals surface area contributed by atoms with Gasteiger partial charge in [-0.05, 0) is 42.0 Å². The summed E-state index contributed by atoms with van der Waals surface area (Å²) >= 11 is 7.31. The number of nitrogens with one attached hydrogen (secondary N) is 1. The van der Waals surface area contributed by atoms with E-state index in [1.54, 1.807) is 4.57 Å². The average molecular weight is 444 g/mol. The number of benzene rings is 1. The summed E-state index contributed by atoms with van der Waals surface area (Å²) in [6.07, 6.45) is 2.32. The van der Waals surface area contributed by atoms with E-state index in [0.29, 0.717) is 47.3 Å². The van der Waals surface area contributed by atoms with Crippen LogP contribution in [-0.2, 0) is 24.2 Å². The molecule has 0 spiro atoms. The highest BCUT2D eigenvalue weighted by Gasteiger charge is 2.17. The predicted octanol–water partition coefficient (Wildman–Crippen LogP) is 3.46. The van der Waals surface area contributed by atoms with Crippen molar-refractivity contribution in [3.63, 3.8) is 0 Å². The maximum absolute atomic E-state index is 12.7. The van der Waals surface area contributed by atoms with E-state index in [-0.39, 0.29) is 11.5 Å². The lowest BCUT2D eigenvalue weighted by molar-refractivity contribution is -0.121. The Morgan fingerprint density at radius 3 is 2.73 bits per heavy atom. The molecule has 0 unspecified atom stereocenters. The summed E-state index contributed by atoms with van der Waals surface area (Å²) in [4.78, 5) is 25.1. The molecule has 3 aromatic heterocycles. The minimum atomic E-state index is -0.0378. The molecule has 4 rings (SSSR count). The number of hydrogen-bond donors (Lipinski definition) is 1. The molecule has 7 nitrogen and oxygen atoms in total. The zero-order chi connectivity index (χ0) is 21.1. The van der Waals surface area contributed by atoms with Crippen molar-refractivity contribution in [1.82, 2.24) is 24.5 Å². The summed E-state index contributed by atoms with van der Waals surface area (Å²) < 4.78 is 4.26. The Bertz CT molecular complexity index is 1240. The SMILES string of the molecule is CCCn1c(=O)c2sccc2n2c(CCC(=O)NCCc3ccc(Cl)cc3)nnc12. The van der Waals surface area contributed by atoms with Gasteiger partial charge in [0.15, 0.2) is 0 Å². The van der Waals surface area contributed by atoms with E-state index >= 15 is 0 Å². The van der Waals surface area contributed by atoms with Gasteiger partial charge in [-0.15, -0.1) is 21.5 Å². The second-order valence-electron chi connectivity index (χ2n) is 7.07. The van der Waals surface area contributed by atoms with Crippen molar-refractivity contribution in [2.45, 2.75) is 39.2 Å². The largest absolute Gasteiger partial charge is 0.356 e. The van der Waals surface area contributed by atoms with Crippen molar-refractivity contribution in [3.05, 3.63) is 62.5 Å². The molecule has 0 aliphatic carbocycles. The van der Waals surface area contributed by atoms with Gasteiger partial charge in [0.05, 0.1) is 5.52 Å². The molecule has 0 fully saturated rings. The predicted molar refractivity (Wildman–Crippen MR) is 119 cm³/mol. The fourth-order valence-electron chi connectivity index (χ4n) is 3.48. The van der Waals surface area contributed by atoms with Crippen LogP contribution >= 0.6 is 22.9 Å². The van der Waals surface area contributed by atoms with Gasteiger partial charge in [0, 0.05) is 31.0 Å². The molecule has 9 heteroatoms. The van der Waals surface area contributed by atoms with E-state index in [0.717, 1.165) is 23.9 Å². The Balaban J connectivity index is 1.46. The molecule has 1 N–H and O–H groups in total. The first kappa shape index (κ1) is 20.6. The van der Waals surface area contributed by atoms with Crippen molar-refractivity contribution in [2.24, 2.45) is 0 Å². The lowest BCUT2D eigenvalue weighted by Crippen LogP contribution is -2.26. The van der Waals surface area contributed by atoms with Crippen LogP contribution < -0.4 is 10.9 Å². The normalized spacial score (nSPS) is 11.4. The number of carbonyl (C=O) groups excluding carboxylic acids is 1. The first-order chi connectivity index (χ1) is 14.6. The fraction of sp³-hybridized carbons (Fsp3) is 0.333. The van der Waals surface area contributed by atoms with Crippen LogP contribution in [0.25, 0.3) is 16.0 Å². The summed E-state index contributed by atoms with van der Waals surface area (Å²) in [5, 5.41) is 14.1. The number of amides is 1. The van der Waals surface area contributed by atoms with Gasteiger partial charge in [-0.25, -0.2) is 0 Å². The highest BCUT2D eigenvalue weighted by molar-refractivity contribution is 7.17. The summed E-state index contributed by atoms with van der Waals surface area (Å²) in [6, 6.07) is 9.51. The molecule has 0 atom stereocenters. The van der Waals surface area contributed by atoms with Crippen LogP contribution in [0.15, 0.2) is 40.5 Å². The molecule has 3 heterocycles. The van der Waals surface area contributed by atoms with Crippen LogP contribution in [0.1, 0.15) is 31.2 Å². The highest BCUT2D eigenvalue weighted by atomic mass is 35.5. The third kappa shape index (κ3) is 4.11. The molecule has 0 radical (unpaired) electrons. The molecular weight excluding hydrogens is 422 g/mol. The summed E-state index contributed by atoms with van der Waals surface area (Å²) in [5.74, 6) is 1.18. The summed E-state index contributed by atoms with van der Waals surface area (Å²) in [6.45, 7) is 3.17. The third-order valence-corrected chi connectivity index (χ3v) is 6.09. The Kier molecular flexibility index (Phi) is 6.15. The second-order valence-corrected chi connectivity index (χ2v) is 8.42. The Hall–Kier alpha value is -2.71. The van der Waals surface area contributed by atoms with Crippen molar-refractivity contribution in [1.29, 1.82) is 0 Å². The van der Waals surface area contributed by atoms with Crippen LogP contribution in [-0.4, -0.2) is 31.6 Å². The molecule has 30 heavy (non-hydrogen) atoms. The first-order valence-corrected chi connectivity index (χ1v) is 11.2. The summed E-state index contributed by atoms with van der Waals surface area (Å²) in [5.41, 5.74) is 1.89. The van der Waals surface area contributed by atoms with E-state index in [1.807, 2.05) is 47.0 Å². The van der Waals surface area contributed by atoms with E-state index < -0.39 is 0 Å². The topological polar surface area (TPSA) is 81.3 Å². The van der Waals surface area contributed by atoms with Gasteiger partial charge in [0.1, 0.15) is 10.5 Å². The van der Waals surface area contributed by atoms with Gasteiger partial charge in [0.25, 0.3) is 5.56 Å². The maximum Gasteiger partial charge on any atom is 0.272 e. The van der Waals surface area contributed by atoms with Gasteiger partial charge in [0.2, 0.25) is 11.7 Å². The van der Waals surface area contributed by atoms with Crippen LogP contribution in [0.3, 0.4) is 0 Å². The standard InChI is InChI=1S/C21H22ClN5O2S/c1-2-12-26-20(29)19-16(10-13-30-19)27-17(24-25-21(26)27)7-8-18(28)23-11-9-14-3-5-15(22)6-4-14/h3-6,10,13H,2,7-9,11-12H2,1H3,(H,23,28). The second kappa shape index (κ2) is 8.97. The number of nitrogens with zero attached hydrogens (tertiary/aromatic N) is 4. The van der Waals surface area contributed by atoms with Crippen molar-refractivity contribution in [2.75, 3.05) is 6.54 Å².